The van der Waals surface area contributed by atoms with Crippen LogP contribution < -0.4 is 0 Å². The van der Waals surface area contributed by atoms with Crippen LogP contribution >= 0.6 is 23.5 Å². The number of benzene rings is 1. The first kappa shape index (κ1) is 13.8. The van der Waals surface area contributed by atoms with Crippen molar-refractivity contribution in [2.24, 2.45) is 0 Å². The Hall–Kier alpha value is -0.630. The van der Waals surface area contributed by atoms with Crippen molar-refractivity contribution in [3.8, 4) is 6.07 Å². The molecule has 1 aromatic carbocycles. The first-order valence-electron chi connectivity index (χ1n) is 6.15. The van der Waals surface area contributed by atoms with E-state index in [1.807, 2.05) is 41.7 Å². The molecule has 1 fully saturated rings. The van der Waals surface area contributed by atoms with Crippen LogP contribution in [0.4, 0.5) is 0 Å². The zero-order valence-electron chi connectivity index (χ0n) is 10.2. The van der Waals surface area contributed by atoms with E-state index in [9.17, 15) is 5.11 Å². The van der Waals surface area contributed by atoms with Gasteiger partial charge in [0.05, 0.1) is 22.7 Å². The van der Waals surface area contributed by atoms with Gasteiger partial charge >= 0.3 is 0 Å². The molecule has 1 heterocycles. The van der Waals surface area contributed by atoms with E-state index < -0.39 is 6.10 Å². The van der Waals surface area contributed by atoms with Crippen LogP contribution in [0.3, 0.4) is 0 Å². The van der Waals surface area contributed by atoms with Crippen molar-refractivity contribution in [1.29, 1.82) is 5.26 Å². The van der Waals surface area contributed by atoms with Gasteiger partial charge in [0, 0.05) is 6.42 Å². The second kappa shape index (κ2) is 6.51. The molecule has 1 saturated heterocycles. The molecule has 1 aliphatic heterocycles. The summed E-state index contributed by atoms with van der Waals surface area (Å²) < 4.78 is -0.0736. The number of hydrogen-bond donors (Lipinski definition) is 1. The Morgan fingerprint density at radius 2 is 1.94 bits per heavy atom. The Labute approximate surface area is 117 Å². The lowest BCUT2D eigenvalue weighted by Crippen LogP contribution is -2.28. The smallest absolute Gasteiger partial charge is 0.0885 e. The SMILES string of the molecule is N#CC[C@@H](O)CC1(c2ccccc2)SCCCS1. The molecule has 1 atom stereocenters. The molecule has 4 heteroatoms. The summed E-state index contributed by atoms with van der Waals surface area (Å²) in [5, 5.41) is 18.7. The van der Waals surface area contributed by atoms with Crippen molar-refractivity contribution in [2.45, 2.75) is 29.4 Å². The maximum absolute atomic E-state index is 9.98. The van der Waals surface area contributed by atoms with Crippen LogP contribution in [0, 0.1) is 11.3 Å². The molecular formula is C14H17NOS2. The van der Waals surface area contributed by atoms with Gasteiger partial charge in [0.1, 0.15) is 0 Å². The second-order valence-electron chi connectivity index (χ2n) is 4.39. The highest BCUT2D eigenvalue weighted by atomic mass is 32.2. The van der Waals surface area contributed by atoms with Gasteiger partial charge < -0.3 is 5.11 Å². The quantitative estimate of drug-likeness (QED) is 0.917. The first-order valence-corrected chi connectivity index (χ1v) is 8.12. The van der Waals surface area contributed by atoms with E-state index in [0.717, 1.165) is 11.5 Å². The summed E-state index contributed by atoms with van der Waals surface area (Å²) >= 11 is 3.82. The Morgan fingerprint density at radius 3 is 2.56 bits per heavy atom. The van der Waals surface area contributed by atoms with Gasteiger partial charge in [-0.25, -0.2) is 0 Å². The highest BCUT2D eigenvalue weighted by molar-refractivity contribution is 8.18. The van der Waals surface area contributed by atoms with Crippen LogP contribution in [0.1, 0.15) is 24.8 Å². The monoisotopic (exact) mass is 279 g/mol. The highest BCUT2D eigenvalue weighted by Crippen LogP contribution is 2.53. The Balaban J connectivity index is 2.21. The summed E-state index contributed by atoms with van der Waals surface area (Å²) in [5.41, 5.74) is 1.26. The molecule has 96 valence electrons. The topological polar surface area (TPSA) is 44.0 Å². The molecule has 2 rings (SSSR count). The average molecular weight is 279 g/mol. The second-order valence-corrected chi connectivity index (χ2v) is 7.44. The van der Waals surface area contributed by atoms with Gasteiger partial charge in [-0.3, -0.25) is 0 Å². The van der Waals surface area contributed by atoms with E-state index in [2.05, 4.69) is 18.2 Å². The van der Waals surface area contributed by atoms with Gasteiger partial charge in [-0.05, 0) is 23.5 Å². The number of nitriles is 1. The van der Waals surface area contributed by atoms with Crippen LogP contribution in [-0.4, -0.2) is 22.7 Å². The number of aliphatic hydroxyl groups excluding tert-OH is 1. The third-order valence-electron chi connectivity index (χ3n) is 3.00. The summed E-state index contributed by atoms with van der Waals surface area (Å²) in [4.78, 5) is 0. The van der Waals surface area contributed by atoms with Crippen LogP contribution in [0.2, 0.25) is 0 Å². The van der Waals surface area contributed by atoms with Crippen molar-refractivity contribution in [3.63, 3.8) is 0 Å². The molecule has 2 nitrogen and oxygen atoms in total. The third kappa shape index (κ3) is 3.23. The molecule has 0 aliphatic carbocycles. The number of nitrogens with zero attached hydrogens (tertiary/aromatic N) is 1. The van der Waals surface area contributed by atoms with Gasteiger partial charge in [0.2, 0.25) is 0 Å². The van der Waals surface area contributed by atoms with Gasteiger partial charge in [-0.1, -0.05) is 30.3 Å². The number of thioether (sulfide) groups is 2. The molecule has 0 radical (unpaired) electrons. The van der Waals surface area contributed by atoms with E-state index in [1.165, 1.54) is 12.0 Å². The van der Waals surface area contributed by atoms with Crippen molar-refractivity contribution < 1.29 is 5.11 Å². The van der Waals surface area contributed by atoms with E-state index >= 15 is 0 Å². The maximum atomic E-state index is 9.98. The van der Waals surface area contributed by atoms with Gasteiger partial charge in [0.15, 0.2) is 0 Å². The molecule has 0 amide bonds. The van der Waals surface area contributed by atoms with Gasteiger partial charge in [0.25, 0.3) is 0 Å². The molecule has 1 aromatic rings. The molecule has 0 unspecified atom stereocenters. The summed E-state index contributed by atoms with van der Waals surface area (Å²) in [5.74, 6) is 2.25. The Bertz CT molecular complexity index is 410. The summed E-state index contributed by atoms with van der Waals surface area (Å²) in [6.07, 6.45) is 1.56. The first-order chi connectivity index (χ1) is 8.77. The molecule has 0 bridgehead atoms. The zero-order chi connectivity index (χ0) is 12.8. The van der Waals surface area contributed by atoms with E-state index in [4.69, 9.17) is 5.26 Å². The van der Waals surface area contributed by atoms with Gasteiger partial charge in [-0.15, -0.1) is 23.5 Å². The molecule has 1 N–H and O–H groups in total. The van der Waals surface area contributed by atoms with Crippen LogP contribution in [0.5, 0.6) is 0 Å². The molecule has 1 aliphatic rings. The fourth-order valence-electron chi connectivity index (χ4n) is 2.16. The maximum Gasteiger partial charge on any atom is 0.0885 e. The minimum Gasteiger partial charge on any atom is -0.392 e. The number of aliphatic hydroxyl groups is 1. The third-order valence-corrected chi connectivity index (χ3v) is 6.43. The molecular weight excluding hydrogens is 262 g/mol. The fraction of sp³-hybridized carbons (Fsp3) is 0.500. The van der Waals surface area contributed by atoms with E-state index in [1.54, 1.807) is 0 Å². The summed E-state index contributed by atoms with van der Waals surface area (Å²) in [6.45, 7) is 0. The van der Waals surface area contributed by atoms with Crippen molar-refractivity contribution in [1.82, 2.24) is 0 Å². The standard InChI is InChI=1S/C14H17NOS2/c15-8-7-13(16)11-14(17-9-4-10-18-14)12-5-2-1-3-6-12/h1-3,5-6,13,16H,4,7,9-11H2/t13-/m1/s1. The predicted octanol–water partition coefficient (Wildman–Crippen LogP) is 3.37. The lowest BCUT2D eigenvalue weighted by atomic mass is 10.0. The lowest BCUT2D eigenvalue weighted by molar-refractivity contribution is 0.165. The van der Waals surface area contributed by atoms with Crippen LogP contribution in [0.15, 0.2) is 30.3 Å². The lowest BCUT2D eigenvalue weighted by Gasteiger charge is -2.37. The fourth-order valence-corrected chi connectivity index (χ4v) is 5.64. The predicted molar refractivity (Wildman–Crippen MR) is 78.5 cm³/mol. The normalized spacial score (nSPS) is 20.0. The highest BCUT2D eigenvalue weighted by Gasteiger charge is 2.37. The number of rotatable bonds is 4. The van der Waals surface area contributed by atoms with E-state index in [-0.39, 0.29) is 10.5 Å². The summed E-state index contributed by atoms with van der Waals surface area (Å²) in [6, 6.07) is 12.4. The minimum absolute atomic E-state index is 0.0736. The molecule has 18 heavy (non-hydrogen) atoms. The zero-order valence-corrected chi connectivity index (χ0v) is 11.8. The van der Waals surface area contributed by atoms with Crippen LogP contribution in [0.25, 0.3) is 0 Å². The molecule has 0 aromatic heterocycles. The molecule has 0 spiro atoms. The van der Waals surface area contributed by atoms with Crippen molar-refractivity contribution in [2.75, 3.05) is 11.5 Å². The average Bonchev–Trinajstić information content (AvgIpc) is 2.41. The van der Waals surface area contributed by atoms with Crippen molar-refractivity contribution in [3.05, 3.63) is 35.9 Å². The Kier molecular flexibility index (Phi) is 4.99. The Morgan fingerprint density at radius 1 is 1.28 bits per heavy atom. The largest absolute Gasteiger partial charge is 0.392 e. The molecule has 0 saturated carbocycles. The number of hydrogen-bond acceptors (Lipinski definition) is 4. The van der Waals surface area contributed by atoms with Gasteiger partial charge in [-0.2, -0.15) is 5.26 Å². The summed E-state index contributed by atoms with van der Waals surface area (Å²) in [7, 11) is 0. The van der Waals surface area contributed by atoms with Crippen LogP contribution in [-0.2, 0) is 4.08 Å². The van der Waals surface area contributed by atoms with E-state index in [0.29, 0.717) is 6.42 Å². The van der Waals surface area contributed by atoms with Crippen molar-refractivity contribution >= 4 is 23.5 Å². The minimum atomic E-state index is -0.534.